The van der Waals surface area contributed by atoms with Crippen LogP contribution in [0.2, 0.25) is 0 Å². The number of fused-ring (bicyclic) bond motifs is 1. The Bertz CT molecular complexity index is 1190. The molecule has 0 saturated carbocycles. The third-order valence-corrected chi connectivity index (χ3v) is 6.31. The summed E-state index contributed by atoms with van der Waals surface area (Å²) in [5, 5.41) is 7.75. The third kappa shape index (κ3) is 4.55. The van der Waals surface area contributed by atoms with Gasteiger partial charge in [-0.2, -0.15) is 0 Å². The van der Waals surface area contributed by atoms with Crippen LogP contribution in [0, 0.1) is 11.6 Å². The Morgan fingerprint density at radius 3 is 2.41 bits per heavy atom. The van der Waals surface area contributed by atoms with Gasteiger partial charge in [0.2, 0.25) is 0 Å². The monoisotopic (exact) mass is 475 g/mol. The number of aromatic amines is 1. The molecule has 3 aromatic rings. The fourth-order valence-corrected chi connectivity index (χ4v) is 4.42. The first-order chi connectivity index (χ1) is 16.5. The van der Waals surface area contributed by atoms with Crippen molar-refractivity contribution in [2.24, 2.45) is 7.05 Å². The third-order valence-electron chi connectivity index (χ3n) is 6.31. The van der Waals surface area contributed by atoms with Crippen molar-refractivity contribution in [1.82, 2.24) is 24.9 Å². The van der Waals surface area contributed by atoms with E-state index in [-0.39, 0.29) is 22.5 Å². The van der Waals surface area contributed by atoms with Crippen LogP contribution < -0.4 is 20.1 Å². The molecule has 2 aromatic heterocycles. The average Bonchev–Trinajstić information content (AvgIpc) is 3.21. The lowest BCUT2D eigenvalue weighted by Gasteiger charge is -2.37. The van der Waals surface area contributed by atoms with Gasteiger partial charge in [0.15, 0.2) is 17.2 Å². The maximum Gasteiger partial charge on any atom is 0.279 e. The summed E-state index contributed by atoms with van der Waals surface area (Å²) in [7, 11) is 1.72. The van der Waals surface area contributed by atoms with Crippen molar-refractivity contribution in [1.29, 1.82) is 0 Å². The molecule has 2 aliphatic rings. The first-order valence-corrected chi connectivity index (χ1v) is 11.3. The molecule has 0 spiro atoms. The molecule has 0 radical (unpaired) electrons. The van der Waals surface area contributed by atoms with Gasteiger partial charge in [-0.3, -0.25) is 9.69 Å². The second kappa shape index (κ2) is 9.55. The molecule has 0 aliphatic carbocycles. The predicted octanol–water partition coefficient (Wildman–Crippen LogP) is 0.972. The maximum absolute atomic E-state index is 14.9. The van der Waals surface area contributed by atoms with Crippen LogP contribution in [0.25, 0.3) is 11.0 Å². The molecule has 0 bridgehead atoms. The van der Waals surface area contributed by atoms with Crippen LogP contribution in [0.4, 0.5) is 20.3 Å². The largest absolute Gasteiger partial charge is 0.492 e. The van der Waals surface area contributed by atoms with Gasteiger partial charge in [0.25, 0.3) is 5.56 Å². The number of anilines is 2. The number of nitrogens with one attached hydrogen (secondary N) is 1. The van der Waals surface area contributed by atoms with Crippen LogP contribution in [-0.4, -0.2) is 90.5 Å². The van der Waals surface area contributed by atoms with Crippen LogP contribution >= 0.6 is 0 Å². The van der Waals surface area contributed by atoms with Gasteiger partial charge in [-0.25, -0.2) is 13.5 Å². The summed E-state index contributed by atoms with van der Waals surface area (Å²) in [6, 6.07) is 4.30. The highest BCUT2D eigenvalue weighted by Gasteiger charge is 2.25. The summed E-state index contributed by atoms with van der Waals surface area (Å²) in [4.78, 5) is 21.0. The molecule has 4 heterocycles. The van der Waals surface area contributed by atoms with E-state index < -0.39 is 11.6 Å². The van der Waals surface area contributed by atoms with Gasteiger partial charge < -0.3 is 24.3 Å². The van der Waals surface area contributed by atoms with Gasteiger partial charge in [0.1, 0.15) is 23.9 Å². The molecule has 12 heteroatoms. The van der Waals surface area contributed by atoms with Crippen molar-refractivity contribution in [2.45, 2.75) is 0 Å². The molecule has 0 unspecified atom stereocenters. The summed E-state index contributed by atoms with van der Waals surface area (Å²) < 4.78 is 42.2. The van der Waals surface area contributed by atoms with Gasteiger partial charge >= 0.3 is 0 Å². The summed E-state index contributed by atoms with van der Waals surface area (Å²) >= 11 is 0. The molecule has 5 rings (SSSR count). The summed E-state index contributed by atoms with van der Waals surface area (Å²) in [5.41, 5.74) is 0.535. The molecule has 0 atom stereocenters. The Hall–Kier alpha value is -3.25. The van der Waals surface area contributed by atoms with Crippen LogP contribution in [-0.2, 0) is 11.8 Å². The average molecular weight is 476 g/mol. The van der Waals surface area contributed by atoms with Crippen molar-refractivity contribution in [3.8, 4) is 5.75 Å². The molecule has 182 valence electrons. The van der Waals surface area contributed by atoms with Gasteiger partial charge in [0.05, 0.1) is 18.7 Å². The van der Waals surface area contributed by atoms with Gasteiger partial charge in [0, 0.05) is 71.1 Å². The van der Waals surface area contributed by atoms with Crippen molar-refractivity contribution < 1.29 is 18.3 Å². The molecule has 1 aromatic carbocycles. The Kier molecular flexibility index (Phi) is 6.33. The van der Waals surface area contributed by atoms with Crippen LogP contribution in [0.5, 0.6) is 5.75 Å². The van der Waals surface area contributed by atoms with Crippen molar-refractivity contribution in [3.05, 3.63) is 40.2 Å². The molecule has 2 saturated heterocycles. The Morgan fingerprint density at radius 2 is 1.71 bits per heavy atom. The molecule has 0 amide bonds. The van der Waals surface area contributed by atoms with E-state index in [1.807, 2.05) is 11.0 Å². The minimum absolute atomic E-state index is 0.0556. The van der Waals surface area contributed by atoms with Gasteiger partial charge in [-0.1, -0.05) is 5.21 Å². The van der Waals surface area contributed by atoms with Crippen molar-refractivity contribution in [2.75, 3.05) is 75.4 Å². The standard InChI is InChI=1S/C22H27F2N7O3/c1-28-18-14-19(25-22(32)20(18)26-27-28)30-2-4-31(5-3-30)21-16(23)12-15(13-17(21)24)34-11-8-29-6-9-33-10-7-29/h12-14H,2-11H2,1H3,(H,25,32). The highest BCUT2D eigenvalue weighted by atomic mass is 19.1. The summed E-state index contributed by atoms with van der Waals surface area (Å²) in [5.74, 6) is -0.481. The molecular formula is C22H27F2N7O3. The van der Waals surface area contributed by atoms with E-state index in [0.29, 0.717) is 63.9 Å². The number of ether oxygens (including phenoxy) is 2. The molecule has 2 aliphatic heterocycles. The zero-order valence-electron chi connectivity index (χ0n) is 19.0. The fraction of sp³-hybridized carbons (Fsp3) is 0.500. The normalized spacial score (nSPS) is 17.5. The lowest BCUT2D eigenvalue weighted by Crippen LogP contribution is -2.47. The first kappa shape index (κ1) is 22.5. The zero-order chi connectivity index (χ0) is 23.7. The number of hydrogen-bond acceptors (Lipinski definition) is 8. The number of nitrogens with zero attached hydrogens (tertiary/aromatic N) is 6. The number of rotatable bonds is 6. The highest BCUT2D eigenvalue weighted by molar-refractivity contribution is 5.76. The molecule has 34 heavy (non-hydrogen) atoms. The van der Waals surface area contributed by atoms with Crippen LogP contribution in [0.1, 0.15) is 0 Å². The summed E-state index contributed by atoms with van der Waals surface area (Å²) in [6.45, 7) is 5.85. The number of aromatic nitrogens is 4. The molecule has 1 N–H and O–H groups in total. The lowest BCUT2D eigenvalue weighted by atomic mass is 10.2. The molecular weight excluding hydrogens is 448 g/mol. The van der Waals surface area contributed by atoms with Crippen molar-refractivity contribution in [3.63, 3.8) is 0 Å². The Balaban J connectivity index is 1.22. The number of pyridine rings is 1. The van der Waals surface area contributed by atoms with E-state index in [0.717, 1.165) is 13.1 Å². The number of hydrogen-bond donors (Lipinski definition) is 1. The maximum atomic E-state index is 14.9. The second-order valence-electron chi connectivity index (χ2n) is 8.44. The number of piperazine rings is 1. The van der Waals surface area contributed by atoms with E-state index in [2.05, 4.69) is 20.2 Å². The number of morpholine rings is 1. The Labute approximate surface area is 194 Å². The van der Waals surface area contributed by atoms with E-state index >= 15 is 0 Å². The first-order valence-electron chi connectivity index (χ1n) is 11.3. The number of aryl methyl sites for hydroxylation is 1. The highest BCUT2D eigenvalue weighted by Crippen LogP contribution is 2.29. The summed E-state index contributed by atoms with van der Waals surface area (Å²) in [6.07, 6.45) is 0. The van der Waals surface area contributed by atoms with Gasteiger partial charge in [-0.05, 0) is 0 Å². The Morgan fingerprint density at radius 1 is 1.03 bits per heavy atom. The van der Waals surface area contributed by atoms with Crippen molar-refractivity contribution >= 4 is 22.5 Å². The lowest BCUT2D eigenvalue weighted by molar-refractivity contribution is 0.0322. The number of H-pyrrole nitrogens is 1. The quantitative estimate of drug-likeness (QED) is 0.564. The minimum Gasteiger partial charge on any atom is -0.492 e. The van der Waals surface area contributed by atoms with E-state index in [1.54, 1.807) is 16.6 Å². The van der Waals surface area contributed by atoms with E-state index in [1.165, 1.54) is 12.1 Å². The SMILES string of the molecule is Cn1nnc2c(=O)[nH]c(N3CCN(c4c(F)cc(OCCN5CCOCC5)cc4F)CC3)cc21. The van der Waals surface area contributed by atoms with Crippen LogP contribution in [0.15, 0.2) is 23.0 Å². The number of benzene rings is 1. The van der Waals surface area contributed by atoms with Crippen LogP contribution in [0.3, 0.4) is 0 Å². The van der Waals surface area contributed by atoms with Gasteiger partial charge in [-0.15, -0.1) is 5.10 Å². The molecule has 10 nitrogen and oxygen atoms in total. The van der Waals surface area contributed by atoms with E-state index in [9.17, 15) is 13.6 Å². The second-order valence-corrected chi connectivity index (χ2v) is 8.44. The molecule has 2 fully saturated rings. The topological polar surface area (TPSA) is 91.8 Å². The smallest absolute Gasteiger partial charge is 0.279 e. The predicted molar refractivity (Wildman–Crippen MR) is 123 cm³/mol. The fourth-order valence-electron chi connectivity index (χ4n) is 4.42. The number of halogens is 2. The minimum atomic E-state index is -0.648. The van der Waals surface area contributed by atoms with E-state index in [4.69, 9.17) is 9.47 Å². The zero-order valence-corrected chi connectivity index (χ0v) is 19.0.